The van der Waals surface area contributed by atoms with Crippen LogP contribution >= 0.6 is 24.0 Å². The lowest BCUT2D eigenvalue weighted by molar-refractivity contribution is -0.122. The van der Waals surface area contributed by atoms with Crippen LogP contribution in [0.25, 0.3) is 0 Å². The molecule has 1 amide bonds. The summed E-state index contributed by atoms with van der Waals surface area (Å²) in [7, 11) is 1.74. The molecule has 7 heteroatoms. The van der Waals surface area contributed by atoms with Crippen LogP contribution in [0.1, 0.15) is 43.2 Å². The SMILES string of the molecule is CN=C(NCc1cccc(NC(=O)C2CCC2)c1)NCC1(c2cccc(F)c2)CC1.I. The summed E-state index contributed by atoms with van der Waals surface area (Å²) in [6.45, 7) is 1.31. The van der Waals surface area contributed by atoms with Gasteiger partial charge in [0.15, 0.2) is 5.96 Å². The van der Waals surface area contributed by atoms with Crippen molar-refractivity contribution in [3.63, 3.8) is 0 Å². The Morgan fingerprint density at radius 3 is 2.55 bits per heavy atom. The van der Waals surface area contributed by atoms with E-state index in [-0.39, 0.29) is 47.0 Å². The van der Waals surface area contributed by atoms with Crippen LogP contribution in [0.4, 0.5) is 10.1 Å². The molecule has 2 aromatic rings. The minimum atomic E-state index is -0.189. The van der Waals surface area contributed by atoms with Gasteiger partial charge in [0.25, 0.3) is 0 Å². The van der Waals surface area contributed by atoms with E-state index in [1.807, 2.05) is 30.3 Å². The van der Waals surface area contributed by atoms with Gasteiger partial charge in [0, 0.05) is 37.2 Å². The van der Waals surface area contributed by atoms with Gasteiger partial charge < -0.3 is 16.0 Å². The molecule has 0 unspecified atom stereocenters. The van der Waals surface area contributed by atoms with Crippen LogP contribution in [0.15, 0.2) is 53.5 Å². The zero-order valence-corrected chi connectivity index (χ0v) is 20.1. The van der Waals surface area contributed by atoms with Crippen LogP contribution in [0, 0.1) is 11.7 Å². The number of hydrogen-bond donors (Lipinski definition) is 3. The Kier molecular flexibility index (Phi) is 7.91. The molecule has 0 aliphatic heterocycles. The molecule has 3 N–H and O–H groups in total. The minimum absolute atomic E-state index is 0. The summed E-state index contributed by atoms with van der Waals surface area (Å²) in [5.74, 6) is 0.811. The van der Waals surface area contributed by atoms with Gasteiger partial charge in [-0.05, 0) is 61.1 Å². The van der Waals surface area contributed by atoms with Crippen molar-refractivity contribution in [2.75, 3.05) is 18.9 Å². The second-order valence-corrected chi connectivity index (χ2v) is 8.39. The molecule has 0 saturated heterocycles. The van der Waals surface area contributed by atoms with E-state index in [1.165, 1.54) is 6.07 Å². The molecule has 31 heavy (non-hydrogen) atoms. The third-order valence-electron chi connectivity index (χ3n) is 6.24. The van der Waals surface area contributed by atoms with Crippen LogP contribution in [0.2, 0.25) is 0 Å². The van der Waals surface area contributed by atoms with Gasteiger partial charge in [-0.25, -0.2) is 4.39 Å². The Balaban J connectivity index is 0.00000272. The molecular weight excluding hydrogens is 506 g/mol. The lowest BCUT2D eigenvalue weighted by Crippen LogP contribution is -2.40. The first kappa shape index (κ1) is 23.5. The van der Waals surface area contributed by atoms with Gasteiger partial charge >= 0.3 is 0 Å². The van der Waals surface area contributed by atoms with Crippen molar-refractivity contribution in [2.24, 2.45) is 10.9 Å². The van der Waals surface area contributed by atoms with Gasteiger partial charge in [-0.2, -0.15) is 0 Å². The number of nitrogens with one attached hydrogen (secondary N) is 3. The smallest absolute Gasteiger partial charge is 0.227 e. The number of carbonyl (C=O) groups is 1. The van der Waals surface area contributed by atoms with E-state index in [0.29, 0.717) is 19.0 Å². The van der Waals surface area contributed by atoms with Crippen LogP contribution < -0.4 is 16.0 Å². The summed E-state index contributed by atoms with van der Waals surface area (Å²) in [5, 5.41) is 9.73. The second-order valence-electron chi connectivity index (χ2n) is 8.39. The van der Waals surface area contributed by atoms with Gasteiger partial charge in [-0.3, -0.25) is 9.79 Å². The summed E-state index contributed by atoms with van der Waals surface area (Å²) in [4.78, 5) is 16.5. The van der Waals surface area contributed by atoms with Crippen molar-refractivity contribution in [2.45, 2.75) is 44.1 Å². The predicted octanol–water partition coefficient (Wildman–Crippen LogP) is 4.58. The topological polar surface area (TPSA) is 65.5 Å². The van der Waals surface area contributed by atoms with Gasteiger partial charge in [0.1, 0.15) is 5.82 Å². The highest BCUT2D eigenvalue weighted by molar-refractivity contribution is 14.0. The van der Waals surface area contributed by atoms with E-state index in [4.69, 9.17) is 0 Å². The molecule has 4 rings (SSSR count). The van der Waals surface area contributed by atoms with E-state index < -0.39 is 0 Å². The molecule has 5 nitrogen and oxygen atoms in total. The zero-order chi connectivity index (χ0) is 21.0. The Labute approximate surface area is 200 Å². The van der Waals surface area contributed by atoms with Crippen molar-refractivity contribution in [3.8, 4) is 0 Å². The summed E-state index contributed by atoms with van der Waals surface area (Å²) in [6, 6.07) is 14.8. The number of aliphatic imine (C=N–C) groups is 1. The monoisotopic (exact) mass is 536 g/mol. The Morgan fingerprint density at radius 2 is 1.90 bits per heavy atom. The minimum Gasteiger partial charge on any atom is -0.356 e. The number of guanidine groups is 1. The molecule has 0 aromatic heterocycles. The molecule has 2 fully saturated rings. The van der Waals surface area contributed by atoms with Gasteiger partial charge in [-0.15, -0.1) is 24.0 Å². The van der Waals surface area contributed by atoms with Crippen LogP contribution in [-0.2, 0) is 16.8 Å². The van der Waals surface area contributed by atoms with E-state index >= 15 is 0 Å². The molecule has 0 heterocycles. The number of hydrogen-bond acceptors (Lipinski definition) is 2. The second kappa shape index (κ2) is 10.4. The van der Waals surface area contributed by atoms with Gasteiger partial charge in [0.2, 0.25) is 5.91 Å². The summed E-state index contributed by atoms with van der Waals surface area (Å²) < 4.78 is 13.6. The number of carbonyl (C=O) groups excluding carboxylic acids is 1. The first-order chi connectivity index (χ1) is 14.6. The number of nitrogens with zero attached hydrogens (tertiary/aromatic N) is 1. The van der Waals surface area contributed by atoms with Gasteiger partial charge in [-0.1, -0.05) is 30.7 Å². The molecule has 2 saturated carbocycles. The molecule has 166 valence electrons. The number of amides is 1. The summed E-state index contributed by atoms with van der Waals surface area (Å²) in [6.07, 6.45) is 5.22. The highest BCUT2D eigenvalue weighted by atomic mass is 127. The number of anilines is 1. The molecular formula is C24H30FIN4O. The Morgan fingerprint density at radius 1 is 1.13 bits per heavy atom. The molecule has 2 aliphatic rings. The van der Waals surface area contributed by atoms with Crippen molar-refractivity contribution in [1.29, 1.82) is 0 Å². The third kappa shape index (κ3) is 5.96. The van der Waals surface area contributed by atoms with E-state index in [2.05, 4.69) is 20.9 Å². The Bertz CT molecular complexity index is 941. The third-order valence-corrected chi connectivity index (χ3v) is 6.24. The predicted molar refractivity (Wildman–Crippen MR) is 133 cm³/mol. The van der Waals surface area contributed by atoms with E-state index in [1.54, 1.807) is 19.2 Å². The van der Waals surface area contributed by atoms with E-state index in [9.17, 15) is 9.18 Å². The van der Waals surface area contributed by atoms with Crippen molar-refractivity contribution in [3.05, 3.63) is 65.5 Å². The van der Waals surface area contributed by atoms with Crippen molar-refractivity contribution >= 4 is 41.5 Å². The first-order valence-corrected chi connectivity index (χ1v) is 10.7. The maximum absolute atomic E-state index is 13.6. The lowest BCUT2D eigenvalue weighted by atomic mass is 9.85. The summed E-state index contributed by atoms with van der Waals surface area (Å²) in [5.41, 5.74) is 2.93. The number of rotatable bonds is 7. The average molecular weight is 536 g/mol. The molecule has 0 spiro atoms. The highest BCUT2D eigenvalue weighted by Gasteiger charge is 2.44. The fourth-order valence-electron chi connectivity index (χ4n) is 3.87. The molecule has 0 atom stereocenters. The Hall–Kier alpha value is -2.16. The highest BCUT2D eigenvalue weighted by Crippen LogP contribution is 2.47. The van der Waals surface area contributed by atoms with Crippen LogP contribution in [-0.4, -0.2) is 25.5 Å². The van der Waals surface area contributed by atoms with Crippen LogP contribution in [0.3, 0.4) is 0 Å². The van der Waals surface area contributed by atoms with Crippen molar-refractivity contribution in [1.82, 2.24) is 10.6 Å². The summed E-state index contributed by atoms with van der Waals surface area (Å²) >= 11 is 0. The fraction of sp³-hybridized carbons (Fsp3) is 0.417. The van der Waals surface area contributed by atoms with E-state index in [0.717, 1.165) is 48.9 Å². The zero-order valence-electron chi connectivity index (χ0n) is 17.8. The molecule has 2 aromatic carbocycles. The quantitative estimate of drug-likeness (QED) is 0.276. The molecule has 2 aliphatic carbocycles. The maximum atomic E-state index is 13.6. The fourth-order valence-corrected chi connectivity index (χ4v) is 3.87. The standard InChI is InChI=1S/C24H29FN4O.HI/c1-26-23(28-16-24(11-12-24)19-8-4-9-20(25)14-19)27-15-17-5-2-10-21(13-17)29-22(30)18-6-3-7-18;/h2,4-5,8-10,13-14,18H,3,6-7,11-12,15-16H2,1H3,(H,29,30)(H2,26,27,28);1H. The maximum Gasteiger partial charge on any atom is 0.227 e. The van der Waals surface area contributed by atoms with Crippen molar-refractivity contribution < 1.29 is 9.18 Å². The average Bonchev–Trinajstić information content (AvgIpc) is 3.48. The first-order valence-electron chi connectivity index (χ1n) is 10.7. The molecule has 0 bridgehead atoms. The number of halogens is 2. The largest absolute Gasteiger partial charge is 0.356 e. The number of benzene rings is 2. The van der Waals surface area contributed by atoms with Crippen LogP contribution in [0.5, 0.6) is 0 Å². The normalized spacial score (nSPS) is 17.2. The van der Waals surface area contributed by atoms with Gasteiger partial charge in [0.05, 0.1) is 0 Å². The lowest BCUT2D eigenvalue weighted by Gasteiger charge is -2.24. The molecule has 0 radical (unpaired) electrons.